The predicted octanol–water partition coefficient (Wildman–Crippen LogP) is 2.80. The first-order valence-electron chi connectivity index (χ1n) is 8.82. The average molecular weight is 383 g/mol. The van der Waals surface area contributed by atoms with Gasteiger partial charge in [-0.25, -0.2) is 4.79 Å². The molecule has 0 aliphatic carbocycles. The lowest BCUT2D eigenvalue weighted by Gasteiger charge is -2.23. The molecule has 0 aromatic heterocycles. The lowest BCUT2D eigenvalue weighted by atomic mass is 10.1. The van der Waals surface area contributed by atoms with Crippen molar-refractivity contribution >= 4 is 28.9 Å². The van der Waals surface area contributed by atoms with Crippen molar-refractivity contribution in [2.75, 3.05) is 30.5 Å². The lowest BCUT2D eigenvalue weighted by molar-refractivity contribution is -0.384. The summed E-state index contributed by atoms with van der Waals surface area (Å²) >= 11 is 0. The molecule has 8 heteroatoms. The zero-order valence-corrected chi connectivity index (χ0v) is 15.9. The lowest BCUT2D eigenvalue weighted by Crippen LogP contribution is -2.38. The van der Waals surface area contributed by atoms with Crippen LogP contribution in [-0.2, 0) is 16.0 Å². The molecule has 1 aliphatic heterocycles. The van der Waals surface area contributed by atoms with Crippen molar-refractivity contribution in [2.24, 2.45) is 0 Å². The molecule has 0 bridgehead atoms. The van der Waals surface area contributed by atoms with E-state index in [0.717, 1.165) is 23.7 Å². The van der Waals surface area contributed by atoms with Gasteiger partial charge in [0.05, 0.1) is 16.2 Å². The third-order valence-electron chi connectivity index (χ3n) is 4.70. The minimum atomic E-state index is -0.777. The molecule has 0 fully saturated rings. The van der Waals surface area contributed by atoms with E-state index in [4.69, 9.17) is 4.74 Å². The number of carbonyl (C=O) groups is 2. The molecule has 8 nitrogen and oxygen atoms in total. The van der Waals surface area contributed by atoms with Gasteiger partial charge in [-0.3, -0.25) is 14.9 Å². The Kier molecular flexibility index (Phi) is 5.30. The number of anilines is 2. The highest BCUT2D eigenvalue weighted by atomic mass is 16.6. The van der Waals surface area contributed by atoms with Crippen molar-refractivity contribution in [1.82, 2.24) is 0 Å². The summed E-state index contributed by atoms with van der Waals surface area (Å²) in [6.45, 7) is 1.50. The van der Waals surface area contributed by atoms with Crippen LogP contribution in [0.3, 0.4) is 0 Å². The Morgan fingerprint density at radius 3 is 2.64 bits per heavy atom. The van der Waals surface area contributed by atoms with E-state index in [0.29, 0.717) is 5.69 Å². The number of hydrogen-bond donors (Lipinski definition) is 0. The van der Waals surface area contributed by atoms with Crippen LogP contribution < -0.4 is 9.80 Å². The van der Waals surface area contributed by atoms with Gasteiger partial charge >= 0.3 is 5.97 Å². The van der Waals surface area contributed by atoms with Crippen molar-refractivity contribution in [3.8, 4) is 0 Å². The van der Waals surface area contributed by atoms with Gasteiger partial charge < -0.3 is 14.5 Å². The van der Waals surface area contributed by atoms with Crippen molar-refractivity contribution in [3.05, 3.63) is 63.7 Å². The second-order valence-electron chi connectivity index (χ2n) is 6.87. The summed E-state index contributed by atoms with van der Waals surface area (Å²) in [5.41, 5.74) is 2.19. The molecule has 0 spiro atoms. The number of nitro groups is 1. The van der Waals surface area contributed by atoms with Crippen LogP contribution in [-0.4, -0.2) is 43.5 Å². The Labute approximate surface area is 162 Å². The fourth-order valence-corrected chi connectivity index (χ4v) is 3.41. The van der Waals surface area contributed by atoms with Crippen LogP contribution in [0.15, 0.2) is 42.5 Å². The van der Waals surface area contributed by atoms with Gasteiger partial charge in [0.1, 0.15) is 0 Å². The van der Waals surface area contributed by atoms with E-state index in [-0.39, 0.29) is 23.2 Å². The maximum absolute atomic E-state index is 12.7. The van der Waals surface area contributed by atoms with Gasteiger partial charge in [0, 0.05) is 38.0 Å². The number of nitrogens with zero attached hydrogens (tertiary/aromatic N) is 3. The normalized spacial score (nSPS) is 15.1. The Morgan fingerprint density at radius 2 is 1.96 bits per heavy atom. The molecule has 1 aliphatic rings. The highest BCUT2D eigenvalue weighted by Crippen LogP contribution is 2.32. The van der Waals surface area contributed by atoms with Gasteiger partial charge in [0.15, 0.2) is 6.61 Å². The van der Waals surface area contributed by atoms with Crippen LogP contribution in [0, 0.1) is 10.1 Å². The van der Waals surface area contributed by atoms with Crippen LogP contribution in [0.5, 0.6) is 0 Å². The third-order valence-corrected chi connectivity index (χ3v) is 4.70. The second-order valence-corrected chi connectivity index (χ2v) is 6.87. The number of ether oxygens (including phenoxy) is 1. The maximum atomic E-state index is 12.7. The van der Waals surface area contributed by atoms with Gasteiger partial charge in [-0.2, -0.15) is 0 Å². The Balaban J connectivity index is 1.76. The number of nitro benzene ring substituents is 1. The van der Waals surface area contributed by atoms with E-state index in [1.807, 2.05) is 31.2 Å². The first kappa shape index (κ1) is 19.3. The first-order valence-corrected chi connectivity index (χ1v) is 8.82. The predicted molar refractivity (Wildman–Crippen MR) is 105 cm³/mol. The van der Waals surface area contributed by atoms with E-state index in [9.17, 15) is 19.7 Å². The molecule has 0 N–H and O–H groups in total. The Morgan fingerprint density at radius 1 is 1.25 bits per heavy atom. The van der Waals surface area contributed by atoms with Crippen molar-refractivity contribution in [1.29, 1.82) is 0 Å². The van der Waals surface area contributed by atoms with Crippen molar-refractivity contribution < 1.29 is 19.2 Å². The largest absolute Gasteiger partial charge is 0.452 e. The van der Waals surface area contributed by atoms with E-state index >= 15 is 0 Å². The molecule has 0 radical (unpaired) electrons. The molecule has 1 amide bonds. The van der Waals surface area contributed by atoms with Crippen LogP contribution >= 0.6 is 0 Å². The van der Waals surface area contributed by atoms with Gasteiger partial charge in [0.25, 0.3) is 11.6 Å². The number of esters is 1. The monoisotopic (exact) mass is 383 g/mol. The van der Waals surface area contributed by atoms with Gasteiger partial charge in [-0.05, 0) is 31.0 Å². The highest BCUT2D eigenvalue weighted by molar-refractivity contribution is 6.01. The molecule has 0 saturated carbocycles. The zero-order valence-electron chi connectivity index (χ0n) is 15.9. The Hall–Kier alpha value is -3.42. The molecule has 2 aromatic carbocycles. The average Bonchev–Trinajstić information content (AvgIpc) is 3.00. The minimum absolute atomic E-state index is 0.0289. The van der Waals surface area contributed by atoms with Crippen molar-refractivity contribution in [3.63, 3.8) is 0 Å². The van der Waals surface area contributed by atoms with Crippen molar-refractivity contribution in [2.45, 2.75) is 19.4 Å². The molecule has 146 valence electrons. The fraction of sp³-hybridized carbons (Fsp3) is 0.300. The molecule has 0 saturated heterocycles. The summed E-state index contributed by atoms with van der Waals surface area (Å²) in [6, 6.07) is 11.5. The van der Waals surface area contributed by atoms with Crippen LogP contribution in [0.4, 0.5) is 17.1 Å². The number of hydrogen-bond acceptors (Lipinski definition) is 6. The molecule has 1 heterocycles. The van der Waals surface area contributed by atoms with Crippen LogP contribution in [0.2, 0.25) is 0 Å². The summed E-state index contributed by atoms with van der Waals surface area (Å²) < 4.78 is 5.21. The third kappa shape index (κ3) is 3.66. The number of non-ortho nitro benzene ring substituents is 1. The minimum Gasteiger partial charge on any atom is -0.452 e. The quantitative estimate of drug-likeness (QED) is 0.448. The smallest absolute Gasteiger partial charge is 0.341 e. The number of rotatable bonds is 5. The summed E-state index contributed by atoms with van der Waals surface area (Å²) in [7, 11) is 3.43. The van der Waals surface area contributed by atoms with E-state index in [1.165, 1.54) is 12.1 Å². The number of fused-ring (bicyclic) bond motifs is 1. The molecule has 1 atom stereocenters. The summed E-state index contributed by atoms with van der Waals surface area (Å²) in [5, 5.41) is 11.0. The standard InChI is InChI=1S/C20H21N3O5/c1-13-10-14-6-4-5-7-17(14)22(13)19(24)12-28-20(25)16-11-15(23(26)27)8-9-18(16)21(2)3/h4-9,11,13H,10,12H2,1-3H3/t13-/m1/s1. The highest BCUT2D eigenvalue weighted by Gasteiger charge is 2.31. The van der Waals surface area contributed by atoms with E-state index < -0.39 is 17.5 Å². The fourth-order valence-electron chi connectivity index (χ4n) is 3.41. The summed E-state index contributed by atoms with van der Waals surface area (Å²) in [6.07, 6.45) is 0.742. The van der Waals surface area contributed by atoms with Crippen LogP contribution in [0.25, 0.3) is 0 Å². The Bertz CT molecular complexity index is 941. The molecule has 2 aromatic rings. The van der Waals surface area contributed by atoms with Gasteiger partial charge in [0.2, 0.25) is 0 Å². The SMILES string of the molecule is C[C@@H]1Cc2ccccc2N1C(=O)COC(=O)c1cc([N+](=O)[O-])ccc1N(C)C. The first-order chi connectivity index (χ1) is 13.3. The molecule has 28 heavy (non-hydrogen) atoms. The topological polar surface area (TPSA) is 93.0 Å². The van der Waals surface area contributed by atoms with Crippen LogP contribution in [0.1, 0.15) is 22.8 Å². The zero-order chi connectivity index (χ0) is 20.4. The summed E-state index contributed by atoms with van der Waals surface area (Å²) in [4.78, 5) is 39.0. The molecular formula is C20H21N3O5. The van der Waals surface area contributed by atoms with E-state index in [2.05, 4.69) is 0 Å². The number of benzene rings is 2. The number of carbonyl (C=O) groups excluding carboxylic acids is 2. The van der Waals surface area contributed by atoms with Gasteiger partial charge in [-0.15, -0.1) is 0 Å². The number of para-hydroxylation sites is 1. The van der Waals surface area contributed by atoms with E-state index in [1.54, 1.807) is 23.9 Å². The number of amides is 1. The molecular weight excluding hydrogens is 362 g/mol. The van der Waals surface area contributed by atoms with Gasteiger partial charge in [-0.1, -0.05) is 18.2 Å². The maximum Gasteiger partial charge on any atom is 0.341 e. The second kappa shape index (κ2) is 7.67. The molecule has 0 unspecified atom stereocenters. The molecule has 3 rings (SSSR count). The summed E-state index contributed by atoms with van der Waals surface area (Å²) in [5.74, 6) is -1.11.